The van der Waals surface area contributed by atoms with Crippen molar-refractivity contribution in [3.8, 4) is 0 Å². The summed E-state index contributed by atoms with van der Waals surface area (Å²) in [6, 6.07) is 1.05. The van der Waals surface area contributed by atoms with Gasteiger partial charge < -0.3 is 20.5 Å². The fourth-order valence-electron chi connectivity index (χ4n) is 1.59. The summed E-state index contributed by atoms with van der Waals surface area (Å²) in [7, 11) is 0. The van der Waals surface area contributed by atoms with Crippen molar-refractivity contribution in [3.63, 3.8) is 0 Å². The molecule has 1 saturated heterocycles. The molecule has 2 heterocycles. The average molecular weight is 255 g/mol. The average Bonchev–Trinajstić information content (AvgIpc) is 2.40. The van der Waals surface area contributed by atoms with Gasteiger partial charge in [-0.05, 0) is 6.07 Å². The van der Waals surface area contributed by atoms with Crippen LogP contribution < -0.4 is 11.1 Å². The SMILES string of the molecule is Nc1ncc(F)cc1C(=O)NCC1COCCO1. The van der Waals surface area contributed by atoms with Gasteiger partial charge in [0.05, 0.1) is 37.7 Å². The van der Waals surface area contributed by atoms with Crippen LogP contribution in [0.4, 0.5) is 10.2 Å². The molecule has 6 nitrogen and oxygen atoms in total. The molecule has 1 aromatic rings. The largest absolute Gasteiger partial charge is 0.383 e. The van der Waals surface area contributed by atoms with Gasteiger partial charge in [0.1, 0.15) is 11.6 Å². The summed E-state index contributed by atoms with van der Waals surface area (Å²) in [6.07, 6.45) is 0.773. The zero-order valence-corrected chi connectivity index (χ0v) is 9.69. The van der Waals surface area contributed by atoms with E-state index in [9.17, 15) is 9.18 Å². The van der Waals surface area contributed by atoms with Crippen LogP contribution >= 0.6 is 0 Å². The van der Waals surface area contributed by atoms with Gasteiger partial charge in [0.2, 0.25) is 0 Å². The molecule has 2 rings (SSSR count). The van der Waals surface area contributed by atoms with Gasteiger partial charge in [-0.25, -0.2) is 9.37 Å². The van der Waals surface area contributed by atoms with E-state index in [1.807, 2.05) is 0 Å². The summed E-state index contributed by atoms with van der Waals surface area (Å²) in [6.45, 7) is 1.78. The molecule has 1 atom stereocenters. The maximum atomic E-state index is 13.0. The minimum Gasteiger partial charge on any atom is -0.383 e. The Balaban J connectivity index is 1.92. The maximum Gasteiger partial charge on any atom is 0.255 e. The third-order valence-electron chi connectivity index (χ3n) is 2.51. The monoisotopic (exact) mass is 255 g/mol. The minimum absolute atomic E-state index is 0.00490. The van der Waals surface area contributed by atoms with Gasteiger partial charge in [-0.2, -0.15) is 0 Å². The number of anilines is 1. The van der Waals surface area contributed by atoms with E-state index >= 15 is 0 Å². The lowest BCUT2D eigenvalue weighted by Crippen LogP contribution is -2.39. The predicted molar refractivity (Wildman–Crippen MR) is 61.5 cm³/mol. The molecule has 0 radical (unpaired) electrons. The second-order valence-electron chi connectivity index (χ2n) is 3.86. The highest BCUT2D eigenvalue weighted by atomic mass is 19.1. The van der Waals surface area contributed by atoms with E-state index in [2.05, 4.69) is 10.3 Å². The van der Waals surface area contributed by atoms with Crippen molar-refractivity contribution in [2.45, 2.75) is 6.10 Å². The predicted octanol–water partition coefficient (Wildman–Crippen LogP) is -0.0519. The van der Waals surface area contributed by atoms with Crippen LogP contribution in [-0.2, 0) is 9.47 Å². The van der Waals surface area contributed by atoms with Crippen molar-refractivity contribution in [2.24, 2.45) is 0 Å². The van der Waals surface area contributed by atoms with Crippen molar-refractivity contribution in [1.29, 1.82) is 0 Å². The Kier molecular flexibility index (Phi) is 4.06. The number of nitrogens with one attached hydrogen (secondary N) is 1. The molecule has 1 aliphatic rings. The molecule has 98 valence electrons. The van der Waals surface area contributed by atoms with Crippen LogP contribution in [0, 0.1) is 5.82 Å². The summed E-state index contributed by atoms with van der Waals surface area (Å²) in [5.74, 6) is -1.09. The molecule has 0 spiro atoms. The molecule has 1 aliphatic heterocycles. The number of nitrogens with zero attached hydrogens (tertiary/aromatic N) is 1. The van der Waals surface area contributed by atoms with Gasteiger partial charge in [0.25, 0.3) is 5.91 Å². The van der Waals surface area contributed by atoms with Crippen molar-refractivity contribution < 1.29 is 18.7 Å². The number of rotatable bonds is 3. The first-order valence-electron chi connectivity index (χ1n) is 5.55. The number of pyridine rings is 1. The normalized spacial score (nSPS) is 19.5. The number of amides is 1. The van der Waals surface area contributed by atoms with Crippen molar-refractivity contribution in [2.75, 3.05) is 32.1 Å². The molecule has 18 heavy (non-hydrogen) atoms. The smallest absolute Gasteiger partial charge is 0.255 e. The third kappa shape index (κ3) is 3.14. The van der Waals surface area contributed by atoms with Crippen LogP contribution in [-0.4, -0.2) is 43.4 Å². The Morgan fingerprint density at radius 2 is 2.44 bits per heavy atom. The first-order chi connectivity index (χ1) is 8.66. The summed E-state index contributed by atoms with van der Waals surface area (Å²) in [5.41, 5.74) is 5.52. The molecule has 0 aromatic carbocycles. The van der Waals surface area contributed by atoms with Crippen LogP contribution in [0.3, 0.4) is 0 Å². The van der Waals surface area contributed by atoms with Crippen LogP contribution in [0.25, 0.3) is 0 Å². The molecule has 1 fully saturated rings. The molecule has 0 aliphatic carbocycles. The first-order valence-corrected chi connectivity index (χ1v) is 5.55. The summed E-state index contributed by atoms with van der Waals surface area (Å²) < 4.78 is 23.5. The summed E-state index contributed by atoms with van der Waals surface area (Å²) >= 11 is 0. The Morgan fingerprint density at radius 1 is 1.61 bits per heavy atom. The number of aromatic nitrogens is 1. The van der Waals surface area contributed by atoms with Gasteiger partial charge >= 0.3 is 0 Å². The highest BCUT2D eigenvalue weighted by Gasteiger charge is 2.17. The molecule has 1 aromatic heterocycles. The highest BCUT2D eigenvalue weighted by molar-refractivity contribution is 5.98. The number of halogens is 1. The standard InChI is InChI=1S/C11H14FN3O3/c12-7-3-9(10(13)14-4-7)11(16)15-5-8-6-17-1-2-18-8/h3-4,8H,1-2,5-6H2,(H2,13,14)(H,15,16). The lowest BCUT2D eigenvalue weighted by molar-refractivity contribution is -0.0855. The van der Waals surface area contributed by atoms with Crippen LogP contribution in [0.1, 0.15) is 10.4 Å². The Morgan fingerprint density at radius 3 is 3.17 bits per heavy atom. The summed E-state index contributed by atoms with van der Waals surface area (Å²) in [5, 5.41) is 2.61. The lowest BCUT2D eigenvalue weighted by atomic mass is 10.2. The summed E-state index contributed by atoms with van der Waals surface area (Å²) in [4.78, 5) is 15.3. The fourth-order valence-corrected chi connectivity index (χ4v) is 1.59. The van der Waals surface area contributed by atoms with Crippen molar-refractivity contribution in [3.05, 3.63) is 23.6 Å². The number of ether oxygens (including phenoxy) is 2. The number of nitrogen functional groups attached to an aromatic ring is 1. The molecule has 7 heteroatoms. The second-order valence-corrected chi connectivity index (χ2v) is 3.86. The molecule has 0 saturated carbocycles. The molecular weight excluding hydrogens is 241 g/mol. The molecule has 0 bridgehead atoms. The van der Waals surface area contributed by atoms with Gasteiger partial charge in [-0.3, -0.25) is 4.79 Å². The Hall–Kier alpha value is -1.73. The van der Waals surface area contributed by atoms with E-state index in [0.717, 1.165) is 12.3 Å². The van der Waals surface area contributed by atoms with E-state index in [4.69, 9.17) is 15.2 Å². The highest BCUT2D eigenvalue weighted by Crippen LogP contribution is 2.09. The first kappa shape index (κ1) is 12.7. The van der Waals surface area contributed by atoms with E-state index in [-0.39, 0.29) is 24.0 Å². The second kappa shape index (κ2) is 5.74. The molecule has 3 N–H and O–H groups in total. The van der Waals surface area contributed by atoms with Gasteiger partial charge in [0.15, 0.2) is 0 Å². The van der Waals surface area contributed by atoms with Gasteiger partial charge in [-0.1, -0.05) is 0 Å². The van der Waals surface area contributed by atoms with Gasteiger partial charge in [0, 0.05) is 6.54 Å². The topological polar surface area (TPSA) is 86.5 Å². The number of carbonyl (C=O) groups is 1. The van der Waals surface area contributed by atoms with Crippen molar-refractivity contribution >= 4 is 11.7 Å². The molecule has 1 unspecified atom stereocenters. The number of hydrogen-bond acceptors (Lipinski definition) is 5. The van der Waals surface area contributed by atoms with E-state index in [1.165, 1.54) is 0 Å². The van der Waals surface area contributed by atoms with Crippen LogP contribution in [0.5, 0.6) is 0 Å². The quantitative estimate of drug-likeness (QED) is 0.790. The number of nitrogens with two attached hydrogens (primary N) is 1. The van der Waals surface area contributed by atoms with E-state index in [0.29, 0.717) is 19.8 Å². The molecule has 1 amide bonds. The van der Waals surface area contributed by atoms with E-state index in [1.54, 1.807) is 0 Å². The van der Waals surface area contributed by atoms with Crippen molar-refractivity contribution in [1.82, 2.24) is 10.3 Å². The van der Waals surface area contributed by atoms with Gasteiger partial charge in [-0.15, -0.1) is 0 Å². The Bertz CT molecular complexity index is 436. The maximum absolute atomic E-state index is 13.0. The van der Waals surface area contributed by atoms with Crippen LogP contribution in [0.15, 0.2) is 12.3 Å². The van der Waals surface area contributed by atoms with E-state index < -0.39 is 11.7 Å². The zero-order valence-electron chi connectivity index (χ0n) is 9.69. The fraction of sp³-hybridized carbons (Fsp3) is 0.455. The zero-order chi connectivity index (χ0) is 13.0. The number of carbonyl (C=O) groups excluding carboxylic acids is 1. The minimum atomic E-state index is -0.605. The Labute approximate surface area is 103 Å². The molecular formula is C11H14FN3O3. The number of hydrogen-bond donors (Lipinski definition) is 2. The van der Waals surface area contributed by atoms with Crippen LogP contribution in [0.2, 0.25) is 0 Å². The third-order valence-corrected chi connectivity index (χ3v) is 2.51. The lowest BCUT2D eigenvalue weighted by Gasteiger charge is -2.23.